The molecule has 5 heteroatoms. The molecule has 0 spiro atoms. The van der Waals surface area contributed by atoms with E-state index in [4.69, 9.17) is 0 Å². The van der Waals surface area contributed by atoms with Crippen molar-refractivity contribution in [3.05, 3.63) is 0 Å². The van der Waals surface area contributed by atoms with E-state index < -0.39 is 0 Å². The number of rotatable bonds is 20. The number of thioether (sulfide) groups is 1. The number of nitrogens with zero attached hydrogens (tertiary/aromatic N) is 2. The van der Waals surface area contributed by atoms with Gasteiger partial charge >= 0.3 is 0 Å². The Kier molecular flexibility index (Phi) is 16.1. The molecule has 0 aromatic rings. The number of hydrogen-bond acceptors (Lipinski definition) is 3. The van der Waals surface area contributed by atoms with Gasteiger partial charge in [0.1, 0.15) is 13.1 Å². The van der Waals surface area contributed by atoms with E-state index in [1.165, 1.54) is 38.5 Å². The van der Waals surface area contributed by atoms with Crippen molar-refractivity contribution in [2.75, 3.05) is 65.9 Å². The molecule has 0 rings (SSSR count). The molecule has 29 heavy (non-hydrogen) atoms. The van der Waals surface area contributed by atoms with Gasteiger partial charge in [0, 0.05) is 24.3 Å². The topological polar surface area (TPSA) is 34.1 Å². The lowest BCUT2D eigenvalue weighted by molar-refractivity contribution is -0.880. The zero-order chi connectivity index (χ0) is 22.2. The van der Waals surface area contributed by atoms with Crippen LogP contribution in [0.5, 0.6) is 0 Å². The maximum absolute atomic E-state index is 12.2. The summed E-state index contributed by atoms with van der Waals surface area (Å²) in [5.41, 5.74) is 0. The van der Waals surface area contributed by atoms with Crippen LogP contribution in [0.15, 0.2) is 0 Å². The second-order valence-electron chi connectivity index (χ2n) is 9.95. The third-order valence-electron chi connectivity index (χ3n) is 5.51. The fraction of sp³-hybridized carbons (Fsp3) is 0.917. The van der Waals surface area contributed by atoms with Gasteiger partial charge in [-0.1, -0.05) is 52.4 Å². The van der Waals surface area contributed by atoms with Crippen LogP contribution in [0.3, 0.4) is 0 Å². The normalized spacial score (nSPS) is 12.3. The van der Waals surface area contributed by atoms with E-state index in [1.54, 1.807) is 0 Å². The van der Waals surface area contributed by atoms with Crippen LogP contribution in [0, 0.1) is 0 Å². The summed E-state index contributed by atoms with van der Waals surface area (Å²) in [5.74, 6) is 2.96. The molecule has 0 heterocycles. The molecule has 0 saturated carbocycles. The zero-order valence-electron chi connectivity index (χ0n) is 20.4. The number of Topliss-reactive ketones (excluding diaryl/α,β-unsaturated/α-hetero) is 2. The highest BCUT2D eigenvalue weighted by molar-refractivity contribution is 7.99. The first-order chi connectivity index (χ1) is 13.6. The Balaban J connectivity index is 3.93. The number of ketones is 2. The molecular formula is C24H50N2O2S+2. The average molecular weight is 431 g/mol. The fourth-order valence-electron chi connectivity index (χ4n) is 3.49. The van der Waals surface area contributed by atoms with Gasteiger partial charge in [-0.05, 0) is 12.8 Å². The van der Waals surface area contributed by atoms with Crippen LogP contribution in [0.25, 0.3) is 0 Å². The summed E-state index contributed by atoms with van der Waals surface area (Å²) in [6.45, 7) is 7.75. The largest absolute Gasteiger partial charge is 0.322 e. The SMILES string of the molecule is CCCCCCC(=O)C[N+](C)(C)CCSCC[N+](C)(C)CC(=O)CCCCCC. The summed E-state index contributed by atoms with van der Waals surface area (Å²) >= 11 is 1.96. The molecule has 0 bridgehead atoms. The van der Waals surface area contributed by atoms with Crippen LogP contribution < -0.4 is 0 Å². The van der Waals surface area contributed by atoms with Gasteiger partial charge in [-0.15, -0.1) is 0 Å². The van der Waals surface area contributed by atoms with E-state index in [9.17, 15) is 9.59 Å². The van der Waals surface area contributed by atoms with Gasteiger partial charge in [-0.2, -0.15) is 11.8 Å². The van der Waals surface area contributed by atoms with Crippen molar-refractivity contribution in [1.82, 2.24) is 0 Å². The lowest BCUT2D eigenvalue weighted by atomic mass is 10.1. The van der Waals surface area contributed by atoms with Gasteiger partial charge in [0.15, 0.2) is 11.6 Å². The van der Waals surface area contributed by atoms with Crippen LogP contribution in [-0.2, 0) is 9.59 Å². The summed E-state index contributed by atoms with van der Waals surface area (Å²) < 4.78 is 1.57. The molecule has 0 N–H and O–H groups in total. The highest BCUT2D eigenvalue weighted by atomic mass is 32.2. The maximum Gasteiger partial charge on any atom is 0.186 e. The van der Waals surface area contributed by atoms with Crippen LogP contribution >= 0.6 is 11.8 Å². The molecule has 0 fully saturated rings. The van der Waals surface area contributed by atoms with Crippen molar-refractivity contribution in [3.8, 4) is 0 Å². The monoisotopic (exact) mass is 430 g/mol. The van der Waals surface area contributed by atoms with Gasteiger partial charge < -0.3 is 8.97 Å². The molecule has 0 aliphatic carbocycles. The number of hydrogen-bond donors (Lipinski definition) is 0. The van der Waals surface area contributed by atoms with Crippen LogP contribution in [0.4, 0.5) is 0 Å². The first-order valence-electron chi connectivity index (χ1n) is 11.9. The summed E-state index contributed by atoms with van der Waals surface area (Å²) in [6, 6.07) is 0. The van der Waals surface area contributed by atoms with Crippen molar-refractivity contribution in [2.45, 2.75) is 78.1 Å². The Hall–Kier alpha value is -0.390. The van der Waals surface area contributed by atoms with E-state index in [0.29, 0.717) is 24.7 Å². The number of unbranched alkanes of at least 4 members (excludes halogenated alkanes) is 6. The van der Waals surface area contributed by atoms with Crippen molar-refractivity contribution >= 4 is 23.3 Å². The Bertz CT molecular complexity index is 410. The average Bonchev–Trinajstić information content (AvgIpc) is 2.61. The highest BCUT2D eigenvalue weighted by Gasteiger charge is 2.21. The van der Waals surface area contributed by atoms with E-state index >= 15 is 0 Å². The van der Waals surface area contributed by atoms with E-state index in [2.05, 4.69) is 42.0 Å². The molecule has 0 aliphatic rings. The molecule has 0 aromatic heterocycles. The predicted molar refractivity (Wildman–Crippen MR) is 129 cm³/mol. The van der Waals surface area contributed by atoms with E-state index in [1.807, 2.05) is 11.8 Å². The molecular weight excluding hydrogens is 380 g/mol. The Labute approximate surface area is 186 Å². The van der Waals surface area contributed by atoms with Crippen molar-refractivity contribution in [1.29, 1.82) is 0 Å². The number of likely N-dealkylation sites (N-methyl/N-ethyl adjacent to an activating group) is 2. The second kappa shape index (κ2) is 16.3. The van der Waals surface area contributed by atoms with Gasteiger partial charge in [-0.25, -0.2) is 0 Å². The zero-order valence-corrected chi connectivity index (χ0v) is 21.2. The van der Waals surface area contributed by atoms with Gasteiger partial charge in [0.2, 0.25) is 0 Å². The first kappa shape index (κ1) is 28.6. The Morgan fingerprint density at radius 3 is 1.34 bits per heavy atom. The second-order valence-corrected chi connectivity index (χ2v) is 11.2. The summed E-state index contributed by atoms with van der Waals surface area (Å²) in [7, 11) is 8.67. The summed E-state index contributed by atoms with van der Waals surface area (Å²) in [4.78, 5) is 24.4. The van der Waals surface area contributed by atoms with Crippen LogP contribution in [0.1, 0.15) is 78.1 Å². The molecule has 0 aromatic carbocycles. The smallest absolute Gasteiger partial charge is 0.186 e. The molecule has 0 unspecified atom stereocenters. The van der Waals surface area contributed by atoms with Crippen LogP contribution in [-0.4, -0.2) is 86.4 Å². The molecule has 0 saturated heterocycles. The molecule has 0 amide bonds. The predicted octanol–water partition coefficient (Wildman–Crippen LogP) is 4.95. The van der Waals surface area contributed by atoms with Gasteiger partial charge in [0.05, 0.1) is 41.3 Å². The Morgan fingerprint density at radius 2 is 1.00 bits per heavy atom. The quantitative estimate of drug-likeness (QED) is 0.202. The standard InChI is InChI=1S/C24H50N2O2S/c1-7-9-11-13-15-23(27)21-25(3,4)17-19-29-20-18-26(5,6)22-24(28)16-14-12-10-8-2/h7-22H2,1-6H3/q+2. The lowest BCUT2D eigenvalue weighted by Crippen LogP contribution is -2.46. The van der Waals surface area contributed by atoms with E-state index in [0.717, 1.165) is 59.2 Å². The minimum absolute atomic E-state index is 0.409. The summed E-state index contributed by atoms with van der Waals surface area (Å²) in [6.07, 6.45) is 10.9. The van der Waals surface area contributed by atoms with Crippen molar-refractivity contribution < 1.29 is 18.6 Å². The molecule has 0 atom stereocenters. The third-order valence-corrected chi connectivity index (χ3v) is 6.45. The fourth-order valence-corrected chi connectivity index (χ4v) is 4.95. The van der Waals surface area contributed by atoms with Gasteiger partial charge in [-0.3, -0.25) is 9.59 Å². The molecule has 0 aliphatic heterocycles. The lowest BCUT2D eigenvalue weighted by Gasteiger charge is -2.30. The molecule has 0 radical (unpaired) electrons. The molecule has 4 nitrogen and oxygen atoms in total. The van der Waals surface area contributed by atoms with Gasteiger partial charge in [0.25, 0.3) is 0 Å². The maximum atomic E-state index is 12.2. The Morgan fingerprint density at radius 1 is 0.621 bits per heavy atom. The van der Waals surface area contributed by atoms with Crippen molar-refractivity contribution in [3.63, 3.8) is 0 Å². The minimum Gasteiger partial charge on any atom is -0.322 e. The number of quaternary nitrogens is 2. The first-order valence-corrected chi connectivity index (χ1v) is 13.0. The number of carbonyl (C=O) groups is 2. The molecule has 172 valence electrons. The summed E-state index contributed by atoms with van der Waals surface area (Å²) in [5, 5.41) is 0. The number of carbonyl (C=O) groups excluding carboxylic acids is 2. The highest BCUT2D eigenvalue weighted by Crippen LogP contribution is 2.11. The third kappa shape index (κ3) is 18.1. The minimum atomic E-state index is 0.409. The van der Waals surface area contributed by atoms with Crippen molar-refractivity contribution in [2.24, 2.45) is 0 Å². The van der Waals surface area contributed by atoms with Crippen LogP contribution in [0.2, 0.25) is 0 Å². The van der Waals surface area contributed by atoms with E-state index in [-0.39, 0.29) is 0 Å².